The van der Waals surface area contributed by atoms with Gasteiger partial charge in [-0.15, -0.1) is 0 Å². The number of phenolic OH excluding ortho intramolecular Hbond substituents is 2. The minimum atomic E-state index is -0.616. The van der Waals surface area contributed by atoms with Gasteiger partial charge in [-0.3, -0.25) is 0 Å². The predicted octanol–water partition coefficient (Wildman–Crippen LogP) is 4.81. The van der Waals surface area contributed by atoms with E-state index in [0.29, 0.717) is 16.8 Å². The summed E-state index contributed by atoms with van der Waals surface area (Å²) in [6.45, 7) is 0. The summed E-state index contributed by atoms with van der Waals surface area (Å²) in [6.07, 6.45) is 0. The van der Waals surface area contributed by atoms with Crippen LogP contribution in [0.15, 0.2) is 65.6 Å². The zero-order valence-corrected chi connectivity index (χ0v) is 15.1. The van der Waals surface area contributed by atoms with E-state index in [9.17, 15) is 19.4 Å². The minimum absolute atomic E-state index is 0.00479. The van der Waals surface area contributed by atoms with Crippen molar-refractivity contribution >= 4 is 23.6 Å². The molecular formula is C20H16FNO4S. The summed E-state index contributed by atoms with van der Waals surface area (Å²) in [5.41, 5.74) is 1.74. The Morgan fingerprint density at radius 3 is 2.59 bits per heavy atom. The summed E-state index contributed by atoms with van der Waals surface area (Å²) < 4.78 is 21.1. The summed E-state index contributed by atoms with van der Waals surface area (Å²) in [7, 11) is 1.24. The molecule has 0 bridgehead atoms. The molecule has 0 saturated heterocycles. The number of hydrogen-bond acceptors (Lipinski definition) is 6. The normalized spacial score (nSPS) is 10.4. The molecule has 0 aromatic heterocycles. The van der Waals surface area contributed by atoms with Gasteiger partial charge in [-0.2, -0.15) is 0 Å². The molecule has 0 heterocycles. The van der Waals surface area contributed by atoms with Crippen LogP contribution in [0, 0.1) is 5.82 Å². The van der Waals surface area contributed by atoms with Crippen molar-refractivity contribution in [3.05, 3.63) is 72.0 Å². The van der Waals surface area contributed by atoms with E-state index in [4.69, 9.17) is 0 Å². The van der Waals surface area contributed by atoms with E-state index in [1.165, 1.54) is 49.4 Å². The maximum Gasteiger partial charge on any atom is 0.341 e. The van der Waals surface area contributed by atoms with Gasteiger partial charge < -0.3 is 19.7 Å². The van der Waals surface area contributed by atoms with Gasteiger partial charge in [-0.05, 0) is 60.0 Å². The molecule has 0 aliphatic rings. The number of anilines is 1. The van der Waals surface area contributed by atoms with Gasteiger partial charge in [-0.1, -0.05) is 12.1 Å². The fourth-order valence-electron chi connectivity index (χ4n) is 2.46. The second-order valence-electron chi connectivity index (χ2n) is 5.62. The Morgan fingerprint density at radius 1 is 1.04 bits per heavy atom. The number of ether oxygens (including phenoxy) is 1. The standard InChI is InChI=1S/C20H16FNO4S/c1-26-20(25)16-7-6-14(11-19(16)24)22-27-15-4-2-3-12(9-15)17-10-13(21)5-8-18(17)23/h2-11,22-24H,1H3. The quantitative estimate of drug-likeness (QED) is 0.432. The highest BCUT2D eigenvalue weighted by molar-refractivity contribution is 8.00. The Labute approximate surface area is 159 Å². The number of benzene rings is 3. The van der Waals surface area contributed by atoms with Crippen molar-refractivity contribution in [1.82, 2.24) is 0 Å². The third kappa shape index (κ3) is 4.32. The van der Waals surface area contributed by atoms with Gasteiger partial charge in [0.05, 0.1) is 7.11 Å². The highest BCUT2D eigenvalue weighted by atomic mass is 32.2. The molecule has 138 valence electrons. The smallest absolute Gasteiger partial charge is 0.341 e. The lowest BCUT2D eigenvalue weighted by Gasteiger charge is -2.10. The lowest BCUT2D eigenvalue weighted by molar-refractivity contribution is 0.0597. The molecule has 0 spiro atoms. The number of nitrogens with one attached hydrogen (secondary N) is 1. The molecule has 3 aromatic carbocycles. The summed E-state index contributed by atoms with van der Waals surface area (Å²) in [6, 6.07) is 15.5. The van der Waals surface area contributed by atoms with Crippen molar-refractivity contribution in [2.75, 3.05) is 11.8 Å². The number of hydrogen-bond donors (Lipinski definition) is 3. The third-order valence-corrected chi connectivity index (χ3v) is 4.62. The first-order valence-corrected chi connectivity index (χ1v) is 8.72. The molecule has 0 atom stereocenters. The molecule has 5 nitrogen and oxygen atoms in total. The van der Waals surface area contributed by atoms with Gasteiger partial charge in [0.1, 0.15) is 22.9 Å². The average molecular weight is 385 g/mol. The number of rotatable bonds is 5. The molecular weight excluding hydrogens is 369 g/mol. The Morgan fingerprint density at radius 2 is 1.85 bits per heavy atom. The fourth-order valence-corrected chi connectivity index (χ4v) is 3.16. The van der Waals surface area contributed by atoms with E-state index in [1.807, 2.05) is 6.07 Å². The largest absolute Gasteiger partial charge is 0.507 e. The van der Waals surface area contributed by atoms with Crippen LogP contribution in [0.2, 0.25) is 0 Å². The molecule has 0 fully saturated rings. The molecule has 3 rings (SSSR count). The van der Waals surface area contributed by atoms with Crippen LogP contribution >= 0.6 is 11.9 Å². The van der Waals surface area contributed by atoms with E-state index in [0.717, 1.165) is 4.90 Å². The number of carbonyl (C=O) groups is 1. The summed E-state index contributed by atoms with van der Waals surface area (Å²) >= 11 is 1.27. The highest BCUT2D eigenvalue weighted by Crippen LogP contribution is 2.33. The third-order valence-electron chi connectivity index (χ3n) is 3.79. The summed E-state index contributed by atoms with van der Waals surface area (Å²) in [4.78, 5) is 12.3. The molecule has 3 N–H and O–H groups in total. The lowest BCUT2D eigenvalue weighted by atomic mass is 10.0. The second kappa shape index (κ2) is 8.01. The van der Waals surface area contributed by atoms with Gasteiger partial charge in [0, 0.05) is 22.2 Å². The zero-order chi connectivity index (χ0) is 19.4. The van der Waals surface area contributed by atoms with Gasteiger partial charge in [-0.25, -0.2) is 9.18 Å². The molecule has 0 aliphatic heterocycles. The molecule has 0 aliphatic carbocycles. The van der Waals surface area contributed by atoms with Crippen molar-refractivity contribution in [2.24, 2.45) is 0 Å². The fraction of sp³-hybridized carbons (Fsp3) is 0.0500. The van der Waals surface area contributed by atoms with E-state index < -0.39 is 11.8 Å². The van der Waals surface area contributed by atoms with Gasteiger partial charge in [0.15, 0.2) is 0 Å². The molecule has 0 radical (unpaired) electrons. The van der Waals surface area contributed by atoms with Crippen molar-refractivity contribution in [1.29, 1.82) is 0 Å². The number of halogens is 1. The van der Waals surface area contributed by atoms with Crippen LogP contribution in [0.3, 0.4) is 0 Å². The first-order valence-electron chi connectivity index (χ1n) is 7.91. The van der Waals surface area contributed by atoms with E-state index in [2.05, 4.69) is 9.46 Å². The highest BCUT2D eigenvalue weighted by Gasteiger charge is 2.12. The van der Waals surface area contributed by atoms with Crippen molar-refractivity contribution in [3.8, 4) is 22.6 Å². The van der Waals surface area contributed by atoms with Crippen molar-refractivity contribution in [3.63, 3.8) is 0 Å². The van der Waals surface area contributed by atoms with Crippen LogP contribution in [-0.4, -0.2) is 23.3 Å². The van der Waals surface area contributed by atoms with Gasteiger partial charge >= 0.3 is 5.97 Å². The van der Waals surface area contributed by atoms with Crippen LogP contribution in [-0.2, 0) is 4.74 Å². The number of methoxy groups -OCH3 is 1. The monoisotopic (exact) mass is 385 g/mol. The molecule has 0 unspecified atom stereocenters. The topological polar surface area (TPSA) is 78.8 Å². The molecule has 3 aromatic rings. The van der Waals surface area contributed by atoms with Crippen LogP contribution in [0.4, 0.5) is 10.1 Å². The second-order valence-corrected chi connectivity index (χ2v) is 6.50. The molecule has 0 amide bonds. The van der Waals surface area contributed by atoms with Gasteiger partial charge in [0.25, 0.3) is 0 Å². The predicted molar refractivity (Wildman–Crippen MR) is 102 cm³/mol. The van der Waals surface area contributed by atoms with Crippen LogP contribution in [0.1, 0.15) is 10.4 Å². The molecule has 27 heavy (non-hydrogen) atoms. The summed E-state index contributed by atoms with van der Waals surface area (Å²) in [5, 5.41) is 19.9. The zero-order valence-electron chi connectivity index (χ0n) is 14.3. The summed E-state index contributed by atoms with van der Waals surface area (Å²) in [5.74, 6) is -1.24. The van der Waals surface area contributed by atoms with E-state index in [-0.39, 0.29) is 17.1 Å². The SMILES string of the molecule is COC(=O)c1ccc(NSc2cccc(-c3cc(F)ccc3O)c2)cc1O. The minimum Gasteiger partial charge on any atom is -0.507 e. The lowest BCUT2D eigenvalue weighted by Crippen LogP contribution is -2.01. The Balaban J connectivity index is 1.77. The molecule has 7 heteroatoms. The first kappa shape index (κ1) is 18.6. The molecule has 0 saturated carbocycles. The Hall–Kier alpha value is -3.19. The Kier molecular flexibility index (Phi) is 5.52. The number of carbonyl (C=O) groups excluding carboxylic acids is 1. The maximum absolute atomic E-state index is 13.5. The van der Waals surface area contributed by atoms with Crippen molar-refractivity contribution in [2.45, 2.75) is 4.90 Å². The van der Waals surface area contributed by atoms with Crippen LogP contribution in [0.25, 0.3) is 11.1 Å². The van der Waals surface area contributed by atoms with Crippen LogP contribution < -0.4 is 4.72 Å². The Bertz CT molecular complexity index is 993. The van der Waals surface area contributed by atoms with E-state index in [1.54, 1.807) is 24.3 Å². The first-order chi connectivity index (χ1) is 13.0. The number of phenols is 2. The number of aromatic hydroxyl groups is 2. The van der Waals surface area contributed by atoms with Gasteiger partial charge in [0.2, 0.25) is 0 Å². The van der Waals surface area contributed by atoms with Crippen molar-refractivity contribution < 1.29 is 24.1 Å². The average Bonchev–Trinajstić information content (AvgIpc) is 2.68. The maximum atomic E-state index is 13.5. The van der Waals surface area contributed by atoms with Crippen LogP contribution in [0.5, 0.6) is 11.5 Å². The van der Waals surface area contributed by atoms with E-state index >= 15 is 0 Å². The number of esters is 1.